The van der Waals surface area contributed by atoms with Crippen molar-refractivity contribution < 1.29 is 5.11 Å². The molecule has 0 unspecified atom stereocenters. The van der Waals surface area contributed by atoms with Gasteiger partial charge in [0.2, 0.25) is 0 Å². The highest BCUT2D eigenvalue weighted by Gasteiger charge is 2.18. The summed E-state index contributed by atoms with van der Waals surface area (Å²) in [6, 6.07) is 14.2. The number of anilines is 2. The van der Waals surface area contributed by atoms with E-state index in [2.05, 4.69) is 33.0 Å². The Morgan fingerprint density at radius 2 is 1.62 bits per heavy atom. The van der Waals surface area contributed by atoms with Crippen molar-refractivity contribution in [2.24, 2.45) is 0 Å². The first kappa shape index (κ1) is 13.9. The van der Waals surface area contributed by atoms with Crippen LogP contribution in [0.5, 0.6) is 0 Å². The van der Waals surface area contributed by atoms with Crippen molar-refractivity contribution in [2.75, 3.05) is 36.0 Å². The van der Waals surface area contributed by atoms with Crippen LogP contribution >= 0.6 is 0 Å². The number of nitrogens with zero attached hydrogens (tertiary/aromatic N) is 3. The Kier molecular flexibility index (Phi) is 4.06. The van der Waals surface area contributed by atoms with Crippen LogP contribution in [0.15, 0.2) is 48.7 Å². The summed E-state index contributed by atoms with van der Waals surface area (Å²) in [6.45, 7) is 5.74. The van der Waals surface area contributed by atoms with E-state index >= 15 is 0 Å². The monoisotopic (exact) mass is 283 g/mol. The number of hydrogen-bond acceptors (Lipinski definition) is 4. The van der Waals surface area contributed by atoms with Crippen molar-refractivity contribution >= 4 is 11.5 Å². The molecule has 1 N–H and O–H groups in total. The standard InChI is InChI=1S/C17H21N3O/c1-14(21)15-5-7-16(8-6-15)19-10-12-20(13-11-19)17-4-2-3-9-18-17/h2-9,14,21H,10-13H2,1H3/t14-/m1/s1. The Morgan fingerprint density at radius 3 is 2.19 bits per heavy atom. The predicted molar refractivity (Wildman–Crippen MR) is 85.7 cm³/mol. The SMILES string of the molecule is C[C@@H](O)c1ccc(N2CCN(c3ccccn3)CC2)cc1. The second-order valence-electron chi connectivity index (χ2n) is 5.43. The molecule has 1 fully saturated rings. The van der Waals surface area contributed by atoms with E-state index < -0.39 is 6.10 Å². The number of aliphatic hydroxyl groups is 1. The summed E-state index contributed by atoms with van der Waals surface area (Å²) < 4.78 is 0. The third-order valence-electron chi connectivity index (χ3n) is 3.99. The number of aliphatic hydroxyl groups excluding tert-OH is 1. The lowest BCUT2D eigenvalue weighted by molar-refractivity contribution is 0.199. The van der Waals surface area contributed by atoms with Crippen molar-refractivity contribution in [3.05, 3.63) is 54.2 Å². The minimum atomic E-state index is -0.403. The van der Waals surface area contributed by atoms with Crippen LogP contribution in [-0.2, 0) is 0 Å². The maximum atomic E-state index is 9.56. The third kappa shape index (κ3) is 3.16. The molecule has 2 heterocycles. The van der Waals surface area contributed by atoms with E-state index in [0.29, 0.717) is 0 Å². The molecule has 1 atom stereocenters. The second kappa shape index (κ2) is 6.14. The number of rotatable bonds is 3. The Labute approximate surface area is 125 Å². The molecule has 21 heavy (non-hydrogen) atoms. The lowest BCUT2D eigenvalue weighted by atomic mass is 10.1. The molecule has 1 aromatic heterocycles. The molecule has 0 aliphatic carbocycles. The zero-order chi connectivity index (χ0) is 14.7. The molecule has 4 heteroatoms. The molecular weight excluding hydrogens is 262 g/mol. The molecule has 0 radical (unpaired) electrons. The highest BCUT2D eigenvalue weighted by Crippen LogP contribution is 2.21. The molecule has 0 spiro atoms. The zero-order valence-electron chi connectivity index (χ0n) is 12.3. The highest BCUT2D eigenvalue weighted by atomic mass is 16.3. The van der Waals surface area contributed by atoms with Crippen molar-refractivity contribution in [3.8, 4) is 0 Å². The van der Waals surface area contributed by atoms with Crippen molar-refractivity contribution in [1.82, 2.24) is 4.98 Å². The summed E-state index contributed by atoms with van der Waals surface area (Å²) in [5, 5.41) is 9.56. The van der Waals surface area contributed by atoms with E-state index in [-0.39, 0.29) is 0 Å². The Hall–Kier alpha value is -2.07. The largest absolute Gasteiger partial charge is 0.389 e. The van der Waals surface area contributed by atoms with E-state index in [4.69, 9.17) is 0 Å². The fraction of sp³-hybridized carbons (Fsp3) is 0.353. The first-order valence-electron chi connectivity index (χ1n) is 7.43. The van der Waals surface area contributed by atoms with E-state index in [0.717, 1.165) is 37.6 Å². The summed E-state index contributed by atoms with van der Waals surface area (Å²) in [4.78, 5) is 9.11. The van der Waals surface area contributed by atoms with E-state index in [1.165, 1.54) is 5.69 Å². The normalized spacial score (nSPS) is 16.9. The van der Waals surface area contributed by atoms with Gasteiger partial charge in [0.15, 0.2) is 0 Å². The van der Waals surface area contributed by atoms with Gasteiger partial charge in [-0.05, 0) is 36.8 Å². The molecule has 110 valence electrons. The van der Waals surface area contributed by atoms with Gasteiger partial charge in [0.1, 0.15) is 5.82 Å². The van der Waals surface area contributed by atoms with Gasteiger partial charge in [-0.2, -0.15) is 0 Å². The fourth-order valence-electron chi connectivity index (χ4n) is 2.70. The van der Waals surface area contributed by atoms with E-state index in [1.807, 2.05) is 30.5 Å². The minimum absolute atomic E-state index is 0.403. The molecule has 4 nitrogen and oxygen atoms in total. The van der Waals surface area contributed by atoms with Crippen LogP contribution < -0.4 is 9.80 Å². The van der Waals surface area contributed by atoms with Crippen LogP contribution in [0.3, 0.4) is 0 Å². The van der Waals surface area contributed by atoms with E-state index in [9.17, 15) is 5.11 Å². The molecular formula is C17H21N3O. The van der Waals surface area contributed by atoms with Gasteiger partial charge in [0.25, 0.3) is 0 Å². The quantitative estimate of drug-likeness (QED) is 0.939. The maximum Gasteiger partial charge on any atom is 0.128 e. The van der Waals surface area contributed by atoms with Gasteiger partial charge in [0, 0.05) is 38.1 Å². The summed E-state index contributed by atoms with van der Waals surface area (Å²) in [6.07, 6.45) is 1.44. The van der Waals surface area contributed by atoms with Crippen LogP contribution in [0.25, 0.3) is 0 Å². The summed E-state index contributed by atoms with van der Waals surface area (Å²) >= 11 is 0. The molecule has 0 amide bonds. The van der Waals surface area contributed by atoms with Gasteiger partial charge < -0.3 is 14.9 Å². The van der Waals surface area contributed by atoms with Crippen molar-refractivity contribution in [3.63, 3.8) is 0 Å². The molecule has 0 bridgehead atoms. The molecule has 1 saturated heterocycles. The first-order chi connectivity index (χ1) is 10.2. The van der Waals surface area contributed by atoms with Gasteiger partial charge >= 0.3 is 0 Å². The van der Waals surface area contributed by atoms with Gasteiger partial charge in [-0.15, -0.1) is 0 Å². The molecule has 1 aliphatic rings. The maximum absolute atomic E-state index is 9.56. The fourth-order valence-corrected chi connectivity index (χ4v) is 2.70. The van der Waals surface area contributed by atoms with E-state index in [1.54, 1.807) is 6.92 Å². The van der Waals surface area contributed by atoms with Crippen LogP contribution in [0.4, 0.5) is 11.5 Å². The van der Waals surface area contributed by atoms with Crippen LogP contribution in [0, 0.1) is 0 Å². The highest BCUT2D eigenvalue weighted by molar-refractivity contribution is 5.50. The topological polar surface area (TPSA) is 39.6 Å². The molecule has 0 saturated carbocycles. The molecule has 1 aromatic carbocycles. The summed E-state index contributed by atoms with van der Waals surface area (Å²) in [7, 11) is 0. The van der Waals surface area contributed by atoms with Crippen LogP contribution in [-0.4, -0.2) is 36.3 Å². The number of aromatic nitrogens is 1. The molecule has 3 rings (SSSR count). The minimum Gasteiger partial charge on any atom is -0.389 e. The third-order valence-corrected chi connectivity index (χ3v) is 3.99. The lowest BCUT2D eigenvalue weighted by Crippen LogP contribution is -2.46. The van der Waals surface area contributed by atoms with Gasteiger partial charge in [-0.3, -0.25) is 0 Å². The van der Waals surface area contributed by atoms with Crippen molar-refractivity contribution in [1.29, 1.82) is 0 Å². The zero-order valence-corrected chi connectivity index (χ0v) is 12.3. The Morgan fingerprint density at radius 1 is 0.952 bits per heavy atom. The number of hydrogen-bond donors (Lipinski definition) is 1. The van der Waals surface area contributed by atoms with Gasteiger partial charge in [-0.25, -0.2) is 4.98 Å². The number of pyridine rings is 1. The first-order valence-corrected chi connectivity index (χ1v) is 7.43. The predicted octanol–water partition coefficient (Wildman–Crippen LogP) is 2.46. The number of piperazine rings is 1. The molecule has 2 aromatic rings. The van der Waals surface area contributed by atoms with Crippen LogP contribution in [0.2, 0.25) is 0 Å². The smallest absolute Gasteiger partial charge is 0.128 e. The average molecular weight is 283 g/mol. The Bertz CT molecular complexity index is 560. The van der Waals surface area contributed by atoms with Crippen molar-refractivity contribution in [2.45, 2.75) is 13.0 Å². The second-order valence-corrected chi connectivity index (χ2v) is 5.43. The number of benzene rings is 1. The summed E-state index contributed by atoms with van der Waals surface area (Å²) in [5.74, 6) is 1.06. The lowest BCUT2D eigenvalue weighted by Gasteiger charge is -2.36. The molecule has 1 aliphatic heterocycles. The average Bonchev–Trinajstić information content (AvgIpc) is 2.56. The van der Waals surface area contributed by atoms with Gasteiger partial charge in [-0.1, -0.05) is 18.2 Å². The van der Waals surface area contributed by atoms with Crippen LogP contribution in [0.1, 0.15) is 18.6 Å². The summed E-state index contributed by atoms with van der Waals surface area (Å²) in [5.41, 5.74) is 2.19. The Balaban J connectivity index is 1.63. The van der Waals surface area contributed by atoms with Gasteiger partial charge in [0.05, 0.1) is 6.10 Å².